The Morgan fingerprint density at radius 1 is 1.36 bits per heavy atom. The van der Waals surface area contributed by atoms with Gasteiger partial charge in [0, 0.05) is 37.2 Å². The van der Waals surface area contributed by atoms with E-state index in [1.54, 1.807) is 0 Å². The van der Waals surface area contributed by atoms with Crippen molar-refractivity contribution in [1.82, 2.24) is 9.80 Å². The van der Waals surface area contributed by atoms with E-state index in [2.05, 4.69) is 20.8 Å². The van der Waals surface area contributed by atoms with E-state index in [0.29, 0.717) is 31.0 Å². The summed E-state index contributed by atoms with van der Waals surface area (Å²) in [5.41, 5.74) is 7.30. The maximum absolute atomic E-state index is 12.5. The molecule has 2 aliphatic rings. The van der Waals surface area contributed by atoms with E-state index in [4.69, 9.17) is 5.73 Å². The van der Waals surface area contributed by atoms with Crippen molar-refractivity contribution in [2.24, 2.45) is 17.6 Å². The lowest BCUT2D eigenvalue weighted by molar-refractivity contribution is -0.131. The predicted octanol–water partition coefficient (Wildman–Crippen LogP) is 2.08. The highest BCUT2D eigenvalue weighted by atomic mass is 79.9. The molecule has 22 heavy (non-hydrogen) atoms. The van der Waals surface area contributed by atoms with Gasteiger partial charge in [-0.3, -0.25) is 9.69 Å². The first-order valence-electron chi connectivity index (χ1n) is 8.00. The number of hydrogen-bond donors (Lipinski definition) is 1. The van der Waals surface area contributed by atoms with Gasteiger partial charge in [-0.1, -0.05) is 34.1 Å². The van der Waals surface area contributed by atoms with Gasteiger partial charge in [-0.15, -0.1) is 0 Å². The third-order valence-corrected chi connectivity index (χ3v) is 5.91. The second kappa shape index (κ2) is 6.69. The Morgan fingerprint density at radius 3 is 2.86 bits per heavy atom. The van der Waals surface area contributed by atoms with Crippen LogP contribution >= 0.6 is 15.9 Å². The molecule has 0 aromatic heterocycles. The van der Waals surface area contributed by atoms with Gasteiger partial charge < -0.3 is 10.6 Å². The molecule has 1 aliphatic carbocycles. The molecule has 1 aromatic rings. The van der Waals surface area contributed by atoms with Crippen LogP contribution in [0, 0.1) is 11.8 Å². The molecule has 3 unspecified atom stereocenters. The minimum atomic E-state index is 0.185. The zero-order valence-electron chi connectivity index (χ0n) is 13.0. The van der Waals surface area contributed by atoms with Gasteiger partial charge in [-0.05, 0) is 36.3 Å². The number of hydrogen-bond acceptors (Lipinski definition) is 3. The normalized spacial score (nSPS) is 27.9. The van der Waals surface area contributed by atoms with Crippen LogP contribution in [0.3, 0.4) is 0 Å². The van der Waals surface area contributed by atoms with Gasteiger partial charge in [0.05, 0.1) is 6.54 Å². The molecule has 120 valence electrons. The number of benzene rings is 1. The molecule has 1 saturated heterocycles. The fourth-order valence-electron chi connectivity index (χ4n) is 3.81. The second-order valence-corrected chi connectivity index (χ2v) is 7.55. The van der Waals surface area contributed by atoms with E-state index in [9.17, 15) is 4.79 Å². The van der Waals surface area contributed by atoms with E-state index < -0.39 is 0 Å². The molecule has 1 saturated carbocycles. The number of carbonyl (C=O) groups excluding carboxylic acids is 1. The first-order chi connectivity index (χ1) is 10.5. The number of halogens is 1. The summed E-state index contributed by atoms with van der Waals surface area (Å²) < 4.78 is 1.05. The second-order valence-electron chi connectivity index (χ2n) is 6.70. The lowest BCUT2D eigenvalue weighted by Crippen LogP contribution is -2.38. The molecule has 0 spiro atoms. The van der Waals surface area contributed by atoms with Gasteiger partial charge in [0.25, 0.3) is 0 Å². The molecule has 1 aliphatic heterocycles. The van der Waals surface area contributed by atoms with Crippen molar-refractivity contribution in [2.45, 2.75) is 25.4 Å². The minimum absolute atomic E-state index is 0.185. The molecule has 2 N–H and O–H groups in total. The van der Waals surface area contributed by atoms with Crippen molar-refractivity contribution in [3.8, 4) is 0 Å². The topological polar surface area (TPSA) is 49.6 Å². The number of nitrogens with zero attached hydrogens (tertiary/aromatic N) is 2. The summed E-state index contributed by atoms with van der Waals surface area (Å²) in [5.74, 6) is 1.49. The molecule has 1 aromatic carbocycles. The number of nitrogens with two attached hydrogens (primary N) is 1. The summed E-state index contributed by atoms with van der Waals surface area (Å²) >= 11 is 3.54. The van der Waals surface area contributed by atoms with Gasteiger partial charge >= 0.3 is 0 Å². The molecule has 2 fully saturated rings. The number of amides is 1. The lowest BCUT2D eigenvalue weighted by Gasteiger charge is -2.23. The van der Waals surface area contributed by atoms with Gasteiger partial charge in [0.1, 0.15) is 0 Å². The summed E-state index contributed by atoms with van der Waals surface area (Å²) in [6, 6.07) is 8.38. The molecule has 3 atom stereocenters. The van der Waals surface area contributed by atoms with Crippen LogP contribution in [-0.2, 0) is 11.3 Å². The minimum Gasteiger partial charge on any atom is -0.340 e. The third kappa shape index (κ3) is 3.36. The highest BCUT2D eigenvalue weighted by Crippen LogP contribution is 2.36. The number of likely N-dealkylation sites (tertiary alicyclic amines) is 1. The smallest absolute Gasteiger partial charge is 0.236 e. The Bertz CT molecular complexity index is 550. The number of carbonyl (C=O) groups is 1. The van der Waals surface area contributed by atoms with Gasteiger partial charge in [-0.25, -0.2) is 0 Å². The van der Waals surface area contributed by atoms with Gasteiger partial charge in [-0.2, -0.15) is 0 Å². The van der Waals surface area contributed by atoms with E-state index in [0.717, 1.165) is 29.5 Å². The first-order valence-corrected chi connectivity index (χ1v) is 8.79. The Labute approximate surface area is 140 Å². The number of likely N-dealkylation sites (N-methyl/N-ethyl adjacent to an activating group) is 1. The highest BCUT2D eigenvalue weighted by molar-refractivity contribution is 9.10. The van der Waals surface area contributed by atoms with Crippen LogP contribution < -0.4 is 5.73 Å². The summed E-state index contributed by atoms with van der Waals surface area (Å²) in [6.45, 7) is 3.18. The third-order valence-electron chi connectivity index (χ3n) is 5.14. The summed E-state index contributed by atoms with van der Waals surface area (Å²) in [6.07, 6.45) is 2.38. The van der Waals surface area contributed by atoms with Crippen LogP contribution in [0.4, 0.5) is 0 Å². The summed E-state index contributed by atoms with van der Waals surface area (Å²) in [4.78, 5) is 16.6. The van der Waals surface area contributed by atoms with E-state index in [1.807, 2.05) is 36.2 Å². The molecule has 1 amide bonds. The predicted molar refractivity (Wildman–Crippen MR) is 91.2 cm³/mol. The van der Waals surface area contributed by atoms with Crippen LogP contribution in [0.15, 0.2) is 28.7 Å². The van der Waals surface area contributed by atoms with Crippen molar-refractivity contribution in [1.29, 1.82) is 0 Å². The monoisotopic (exact) mass is 365 g/mol. The Morgan fingerprint density at radius 2 is 2.14 bits per heavy atom. The molecular weight excluding hydrogens is 342 g/mol. The maximum atomic E-state index is 12.5. The van der Waals surface area contributed by atoms with Crippen molar-refractivity contribution >= 4 is 21.8 Å². The number of rotatable bonds is 4. The fraction of sp³-hybridized carbons (Fsp3) is 0.588. The average molecular weight is 366 g/mol. The van der Waals surface area contributed by atoms with Crippen LogP contribution in [-0.4, -0.2) is 48.4 Å². The van der Waals surface area contributed by atoms with E-state index in [-0.39, 0.29) is 5.91 Å². The van der Waals surface area contributed by atoms with Crippen LogP contribution in [0.1, 0.15) is 18.4 Å². The number of fused-ring (bicyclic) bond motifs is 1. The molecule has 5 heteroatoms. The van der Waals surface area contributed by atoms with Crippen molar-refractivity contribution in [3.63, 3.8) is 0 Å². The average Bonchev–Trinajstić information content (AvgIpc) is 3.03. The summed E-state index contributed by atoms with van der Waals surface area (Å²) in [7, 11) is 1.88. The van der Waals surface area contributed by atoms with Crippen LogP contribution in [0.5, 0.6) is 0 Å². The zero-order valence-corrected chi connectivity index (χ0v) is 14.6. The van der Waals surface area contributed by atoms with Crippen LogP contribution in [0.2, 0.25) is 0 Å². The SMILES string of the molecule is CN(Cc1ccccc1Br)C(=O)CN1CC2CCC(N)C2C1. The molecular formula is C17H24BrN3O. The largest absolute Gasteiger partial charge is 0.340 e. The van der Waals surface area contributed by atoms with Crippen molar-refractivity contribution in [2.75, 3.05) is 26.7 Å². The molecule has 0 radical (unpaired) electrons. The van der Waals surface area contributed by atoms with Crippen molar-refractivity contribution < 1.29 is 4.79 Å². The molecule has 1 heterocycles. The zero-order chi connectivity index (χ0) is 15.7. The quantitative estimate of drug-likeness (QED) is 0.888. The molecule has 0 bridgehead atoms. The Balaban J connectivity index is 1.53. The lowest BCUT2D eigenvalue weighted by atomic mass is 9.98. The first kappa shape index (κ1) is 16.0. The van der Waals surface area contributed by atoms with Crippen molar-refractivity contribution in [3.05, 3.63) is 34.3 Å². The standard InChI is InChI=1S/C17H24BrN3O/c1-20(8-13-4-2-3-5-15(13)18)17(22)11-21-9-12-6-7-16(19)14(12)10-21/h2-5,12,14,16H,6-11,19H2,1H3. The van der Waals surface area contributed by atoms with E-state index >= 15 is 0 Å². The Kier molecular flexibility index (Phi) is 4.85. The fourth-order valence-corrected chi connectivity index (χ4v) is 4.22. The van der Waals surface area contributed by atoms with Gasteiger partial charge in [0.15, 0.2) is 0 Å². The maximum Gasteiger partial charge on any atom is 0.236 e. The summed E-state index contributed by atoms with van der Waals surface area (Å²) in [5, 5.41) is 0. The van der Waals surface area contributed by atoms with E-state index in [1.165, 1.54) is 6.42 Å². The van der Waals surface area contributed by atoms with Crippen LogP contribution in [0.25, 0.3) is 0 Å². The molecule has 4 nitrogen and oxygen atoms in total. The highest BCUT2D eigenvalue weighted by Gasteiger charge is 2.41. The molecule has 3 rings (SSSR count). The Hall–Kier alpha value is -0.910. The van der Waals surface area contributed by atoms with Gasteiger partial charge in [0.2, 0.25) is 5.91 Å².